The summed E-state index contributed by atoms with van der Waals surface area (Å²) in [5, 5.41) is 15.2. The third-order valence-corrected chi connectivity index (χ3v) is 4.76. The maximum atomic E-state index is 12.6. The summed E-state index contributed by atoms with van der Waals surface area (Å²) in [5.41, 5.74) is 1.04. The van der Waals surface area contributed by atoms with Gasteiger partial charge in [-0.3, -0.25) is 9.59 Å². The lowest BCUT2D eigenvalue weighted by molar-refractivity contribution is -0.122. The summed E-state index contributed by atoms with van der Waals surface area (Å²) in [4.78, 5) is 24.9. The van der Waals surface area contributed by atoms with E-state index in [1.165, 1.54) is 17.4 Å². The Bertz CT molecular complexity index is 968. The second kappa shape index (κ2) is 6.62. The highest BCUT2D eigenvalue weighted by molar-refractivity contribution is 5.78. The highest BCUT2D eigenvalue weighted by atomic mass is 16.2. The molecule has 0 aromatic carbocycles. The average Bonchev–Trinajstić information content (AvgIpc) is 2.95. The van der Waals surface area contributed by atoms with Crippen molar-refractivity contribution in [3.05, 3.63) is 34.9 Å². The van der Waals surface area contributed by atoms with Crippen LogP contribution in [-0.2, 0) is 11.3 Å². The smallest absolute Gasteiger partial charge is 0.281 e. The van der Waals surface area contributed by atoms with Crippen LogP contribution < -0.4 is 10.9 Å². The summed E-state index contributed by atoms with van der Waals surface area (Å²) in [6, 6.07) is 3.68. The Hall–Kier alpha value is -2.77. The normalized spacial score (nSPS) is 16.2. The average molecular weight is 340 g/mol. The number of aromatic nitrogens is 5. The Morgan fingerprint density at radius 3 is 2.76 bits per heavy atom. The van der Waals surface area contributed by atoms with Crippen molar-refractivity contribution in [3.8, 4) is 0 Å². The first kappa shape index (κ1) is 15.7. The van der Waals surface area contributed by atoms with Crippen LogP contribution in [0.1, 0.15) is 38.5 Å². The highest BCUT2D eigenvalue weighted by Crippen LogP contribution is 2.17. The second-order valence-corrected chi connectivity index (χ2v) is 6.54. The minimum absolute atomic E-state index is 0.00982. The predicted octanol–water partition coefficient (Wildman–Crippen LogP) is 1.28. The zero-order chi connectivity index (χ0) is 17.2. The van der Waals surface area contributed by atoms with Gasteiger partial charge in [0.15, 0.2) is 11.2 Å². The van der Waals surface area contributed by atoms with E-state index in [4.69, 9.17) is 0 Å². The van der Waals surface area contributed by atoms with Gasteiger partial charge in [0.05, 0.1) is 6.20 Å². The number of nitrogens with one attached hydrogen (secondary N) is 1. The van der Waals surface area contributed by atoms with Gasteiger partial charge in [-0.15, -0.1) is 10.2 Å². The first-order valence-electron chi connectivity index (χ1n) is 8.71. The molecule has 3 heterocycles. The fourth-order valence-corrected chi connectivity index (χ4v) is 3.45. The van der Waals surface area contributed by atoms with Gasteiger partial charge in [-0.05, 0) is 18.9 Å². The molecule has 8 nitrogen and oxygen atoms in total. The monoisotopic (exact) mass is 340 g/mol. The van der Waals surface area contributed by atoms with E-state index in [9.17, 15) is 9.59 Å². The summed E-state index contributed by atoms with van der Waals surface area (Å²) in [6.45, 7) is -0.00982. The van der Waals surface area contributed by atoms with E-state index in [2.05, 4.69) is 20.6 Å². The molecule has 0 radical (unpaired) electrons. The summed E-state index contributed by atoms with van der Waals surface area (Å²) in [6.07, 6.45) is 10.0. The van der Waals surface area contributed by atoms with Crippen molar-refractivity contribution >= 4 is 22.6 Å². The lowest BCUT2D eigenvalue weighted by Crippen LogP contribution is -2.38. The van der Waals surface area contributed by atoms with E-state index in [0.717, 1.165) is 25.7 Å². The number of hydrogen-bond acceptors (Lipinski definition) is 5. The fourth-order valence-electron chi connectivity index (χ4n) is 3.45. The highest BCUT2D eigenvalue weighted by Gasteiger charge is 2.16. The Morgan fingerprint density at radius 2 is 1.96 bits per heavy atom. The Labute approximate surface area is 143 Å². The largest absolute Gasteiger partial charge is 0.352 e. The zero-order valence-corrected chi connectivity index (χ0v) is 13.9. The molecule has 130 valence electrons. The molecule has 3 aromatic heterocycles. The molecule has 3 aromatic rings. The summed E-state index contributed by atoms with van der Waals surface area (Å²) in [7, 11) is 0. The van der Waals surface area contributed by atoms with Crippen LogP contribution in [0.25, 0.3) is 16.7 Å². The summed E-state index contributed by atoms with van der Waals surface area (Å²) in [5.74, 6) is -0.138. The minimum atomic E-state index is -0.335. The van der Waals surface area contributed by atoms with Gasteiger partial charge in [-0.1, -0.05) is 25.7 Å². The molecule has 1 N–H and O–H groups in total. The Balaban J connectivity index is 1.56. The van der Waals surface area contributed by atoms with Crippen molar-refractivity contribution in [1.29, 1.82) is 0 Å². The molecule has 1 aliphatic carbocycles. The standard InChI is InChI=1S/C17H20N6O2/c24-15(19-12-5-3-1-2-4-6-12)11-22-10-8-13-16(17(22)25)21-20-14-7-9-18-23(13)14/h7-10,12H,1-6,11H2,(H,19,24). The van der Waals surface area contributed by atoms with Gasteiger partial charge in [-0.2, -0.15) is 5.10 Å². The number of carbonyl (C=O) groups excluding carboxylic acids is 1. The van der Waals surface area contributed by atoms with Gasteiger partial charge in [-0.25, -0.2) is 4.52 Å². The number of fused-ring (bicyclic) bond motifs is 3. The van der Waals surface area contributed by atoms with Gasteiger partial charge in [0, 0.05) is 18.3 Å². The van der Waals surface area contributed by atoms with Crippen molar-refractivity contribution in [3.63, 3.8) is 0 Å². The van der Waals surface area contributed by atoms with Crippen molar-refractivity contribution in [1.82, 2.24) is 29.7 Å². The van der Waals surface area contributed by atoms with Crippen LogP contribution in [0.3, 0.4) is 0 Å². The van der Waals surface area contributed by atoms with Crippen molar-refractivity contribution in [2.24, 2.45) is 0 Å². The zero-order valence-electron chi connectivity index (χ0n) is 13.9. The molecule has 4 rings (SSSR count). The van der Waals surface area contributed by atoms with Crippen LogP contribution >= 0.6 is 0 Å². The number of nitrogens with zero attached hydrogens (tertiary/aromatic N) is 5. The number of hydrogen-bond donors (Lipinski definition) is 1. The topological polar surface area (TPSA) is 94.2 Å². The van der Waals surface area contributed by atoms with Gasteiger partial charge >= 0.3 is 0 Å². The summed E-state index contributed by atoms with van der Waals surface area (Å²) >= 11 is 0. The molecule has 1 amide bonds. The van der Waals surface area contributed by atoms with Crippen LogP contribution in [0.2, 0.25) is 0 Å². The molecular weight excluding hydrogens is 320 g/mol. The van der Waals surface area contributed by atoms with E-state index in [1.807, 2.05) is 0 Å². The minimum Gasteiger partial charge on any atom is -0.352 e. The SMILES string of the molecule is O=C(Cn1ccc2c(nnc3ccnn32)c1=O)NC1CCCCCC1. The predicted molar refractivity (Wildman–Crippen MR) is 92.2 cm³/mol. The third-order valence-electron chi connectivity index (χ3n) is 4.76. The third kappa shape index (κ3) is 3.11. The van der Waals surface area contributed by atoms with Crippen molar-refractivity contribution in [2.45, 2.75) is 51.1 Å². The van der Waals surface area contributed by atoms with Crippen LogP contribution in [-0.4, -0.2) is 36.3 Å². The van der Waals surface area contributed by atoms with Crippen molar-refractivity contribution in [2.75, 3.05) is 0 Å². The molecule has 8 heteroatoms. The first-order valence-corrected chi connectivity index (χ1v) is 8.71. The molecule has 0 unspecified atom stereocenters. The molecule has 25 heavy (non-hydrogen) atoms. The van der Waals surface area contributed by atoms with E-state index in [-0.39, 0.29) is 29.6 Å². The molecule has 0 spiro atoms. The molecule has 0 saturated heterocycles. The lowest BCUT2D eigenvalue weighted by Gasteiger charge is -2.16. The van der Waals surface area contributed by atoms with E-state index in [1.54, 1.807) is 29.0 Å². The molecular formula is C17H20N6O2. The van der Waals surface area contributed by atoms with Gasteiger partial charge < -0.3 is 9.88 Å². The van der Waals surface area contributed by atoms with Gasteiger partial charge in [0.25, 0.3) is 5.56 Å². The van der Waals surface area contributed by atoms with E-state index >= 15 is 0 Å². The number of carbonyl (C=O) groups is 1. The van der Waals surface area contributed by atoms with Gasteiger partial charge in [0.2, 0.25) is 5.91 Å². The van der Waals surface area contributed by atoms with Crippen LogP contribution in [0.15, 0.2) is 29.3 Å². The van der Waals surface area contributed by atoms with Crippen LogP contribution in [0, 0.1) is 0 Å². The Kier molecular flexibility index (Phi) is 4.17. The van der Waals surface area contributed by atoms with Crippen LogP contribution in [0.5, 0.6) is 0 Å². The van der Waals surface area contributed by atoms with E-state index in [0.29, 0.717) is 11.2 Å². The maximum absolute atomic E-state index is 12.6. The number of rotatable bonds is 3. The number of amides is 1. The molecule has 0 atom stereocenters. The molecule has 1 saturated carbocycles. The summed E-state index contributed by atoms with van der Waals surface area (Å²) < 4.78 is 2.94. The quantitative estimate of drug-likeness (QED) is 0.725. The first-order chi connectivity index (χ1) is 12.2. The number of pyridine rings is 1. The molecule has 1 fully saturated rings. The molecule has 0 bridgehead atoms. The van der Waals surface area contributed by atoms with Crippen molar-refractivity contribution < 1.29 is 4.79 Å². The van der Waals surface area contributed by atoms with Gasteiger partial charge in [0.1, 0.15) is 12.1 Å². The lowest BCUT2D eigenvalue weighted by atomic mass is 10.1. The van der Waals surface area contributed by atoms with Crippen LogP contribution in [0.4, 0.5) is 0 Å². The Morgan fingerprint density at radius 1 is 1.16 bits per heavy atom. The molecule has 0 aliphatic heterocycles. The van der Waals surface area contributed by atoms with E-state index < -0.39 is 0 Å². The maximum Gasteiger partial charge on any atom is 0.281 e. The second-order valence-electron chi connectivity index (χ2n) is 6.54. The fraction of sp³-hybridized carbons (Fsp3) is 0.471. The molecule has 1 aliphatic rings.